The van der Waals surface area contributed by atoms with E-state index in [1.54, 1.807) is 0 Å². The number of carbonyl (C=O) groups is 2. The SMILES string of the molecule is CC(C)OCCCNC(=O)C1CCN(C(=O)CC2CC3CCC(C2)N3)CC1. The first-order valence-electron chi connectivity index (χ1n) is 10.9. The number of amides is 2. The van der Waals surface area contributed by atoms with Gasteiger partial charge in [-0.25, -0.2) is 0 Å². The van der Waals surface area contributed by atoms with Gasteiger partial charge < -0.3 is 20.3 Å². The van der Waals surface area contributed by atoms with Gasteiger partial charge in [0, 0.05) is 50.7 Å². The molecular formula is C21H37N3O3. The zero-order chi connectivity index (χ0) is 19.2. The van der Waals surface area contributed by atoms with E-state index in [0.29, 0.717) is 43.5 Å². The smallest absolute Gasteiger partial charge is 0.223 e. The Kier molecular flexibility index (Phi) is 7.53. The fourth-order valence-electron chi connectivity index (χ4n) is 4.86. The molecule has 2 atom stereocenters. The van der Waals surface area contributed by atoms with Crippen LogP contribution in [0.1, 0.15) is 65.2 Å². The zero-order valence-electron chi connectivity index (χ0n) is 17.0. The zero-order valence-corrected chi connectivity index (χ0v) is 17.0. The van der Waals surface area contributed by atoms with Crippen molar-refractivity contribution in [3.8, 4) is 0 Å². The second-order valence-corrected chi connectivity index (χ2v) is 8.90. The third-order valence-electron chi connectivity index (χ3n) is 6.32. The number of nitrogens with zero attached hydrogens (tertiary/aromatic N) is 1. The molecule has 3 aliphatic rings. The first kappa shape index (κ1) is 20.6. The van der Waals surface area contributed by atoms with Crippen LogP contribution < -0.4 is 10.6 Å². The number of rotatable bonds is 8. The molecule has 0 aromatic carbocycles. The highest BCUT2D eigenvalue weighted by atomic mass is 16.5. The summed E-state index contributed by atoms with van der Waals surface area (Å²) >= 11 is 0. The molecule has 0 aromatic heterocycles. The molecule has 0 aromatic rings. The molecule has 2 bridgehead atoms. The molecule has 2 unspecified atom stereocenters. The third-order valence-corrected chi connectivity index (χ3v) is 6.32. The van der Waals surface area contributed by atoms with Crippen LogP contribution in [0.15, 0.2) is 0 Å². The maximum atomic E-state index is 12.7. The maximum absolute atomic E-state index is 12.7. The molecule has 0 saturated carbocycles. The quantitative estimate of drug-likeness (QED) is 0.634. The summed E-state index contributed by atoms with van der Waals surface area (Å²) in [6.07, 6.45) is 8.22. The van der Waals surface area contributed by atoms with Crippen molar-refractivity contribution in [2.45, 2.75) is 83.4 Å². The van der Waals surface area contributed by atoms with Gasteiger partial charge in [0.2, 0.25) is 11.8 Å². The van der Waals surface area contributed by atoms with Crippen LogP contribution in [0.3, 0.4) is 0 Å². The van der Waals surface area contributed by atoms with Crippen LogP contribution in [0.5, 0.6) is 0 Å². The van der Waals surface area contributed by atoms with Gasteiger partial charge in [-0.15, -0.1) is 0 Å². The van der Waals surface area contributed by atoms with Crippen LogP contribution in [-0.2, 0) is 14.3 Å². The first-order valence-corrected chi connectivity index (χ1v) is 10.9. The highest BCUT2D eigenvalue weighted by molar-refractivity contribution is 5.80. The highest BCUT2D eigenvalue weighted by Crippen LogP contribution is 2.33. The molecule has 154 valence electrons. The average Bonchev–Trinajstić information content (AvgIpc) is 2.99. The Bertz CT molecular complexity index is 491. The van der Waals surface area contributed by atoms with Crippen molar-refractivity contribution in [2.75, 3.05) is 26.2 Å². The van der Waals surface area contributed by atoms with Gasteiger partial charge >= 0.3 is 0 Å². The van der Waals surface area contributed by atoms with Gasteiger partial charge in [-0.05, 0) is 64.7 Å². The van der Waals surface area contributed by atoms with Gasteiger partial charge in [0.1, 0.15) is 0 Å². The summed E-state index contributed by atoms with van der Waals surface area (Å²) < 4.78 is 5.49. The van der Waals surface area contributed by atoms with Crippen LogP contribution >= 0.6 is 0 Å². The normalized spacial score (nSPS) is 28.6. The predicted octanol–water partition coefficient (Wildman–Crippen LogP) is 2.08. The summed E-state index contributed by atoms with van der Waals surface area (Å²) in [5.41, 5.74) is 0. The van der Waals surface area contributed by atoms with Crippen LogP contribution in [0.25, 0.3) is 0 Å². The van der Waals surface area contributed by atoms with Gasteiger partial charge in [0.15, 0.2) is 0 Å². The Balaban J connectivity index is 1.31. The van der Waals surface area contributed by atoms with Gasteiger partial charge in [0.05, 0.1) is 6.10 Å². The Hall–Kier alpha value is -1.14. The number of hydrogen-bond acceptors (Lipinski definition) is 4. The van der Waals surface area contributed by atoms with Crippen molar-refractivity contribution in [3.05, 3.63) is 0 Å². The fourth-order valence-corrected chi connectivity index (χ4v) is 4.86. The van der Waals surface area contributed by atoms with Gasteiger partial charge in [0.25, 0.3) is 0 Å². The third kappa shape index (κ3) is 6.18. The summed E-state index contributed by atoms with van der Waals surface area (Å²) in [5.74, 6) is 1.03. The second kappa shape index (κ2) is 9.87. The van der Waals surface area contributed by atoms with Crippen molar-refractivity contribution in [1.82, 2.24) is 15.5 Å². The van der Waals surface area contributed by atoms with Crippen molar-refractivity contribution in [3.63, 3.8) is 0 Å². The number of piperidine rings is 2. The van der Waals surface area contributed by atoms with Crippen LogP contribution in [0.4, 0.5) is 0 Å². The number of nitrogens with one attached hydrogen (secondary N) is 2. The van der Waals surface area contributed by atoms with Crippen molar-refractivity contribution < 1.29 is 14.3 Å². The van der Waals surface area contributed by atoms with E-state index in [2.05, 4.69) is 10.6 Å². The minimum Gasteiger partial charge on any atom is -0.379 e. The largest absolute Gasteiger partial charge is 0.379 e. The van der Waals surface area contributed by atoms with E-state index < -0.39 is 0 Å². The van der Waals surface area contributed by atoms with E-state index in [4.69, 9.17) is 4.74 Å². The molecule has 3 fully saturated rings. The van der Waals surface area contributed by atoms with E-state index in [1.807, 2.05) is 18.7 Å². The molecule has 6 nitrogen and oxygen atoms in total. The number of hydrogen-bond donors (Lipinski definition) is 2. The molecule has 0 spiro atoms. The summed E-state index contributed by atoms with van der Waals surface area (Å²) in [7, 11) is 0. The molecule has 3 saturated heterocycles. The molecular weight excluding hydrogens is 342 g/mol. The summed E-state index contributed by atoms with van der Waals surface area (Å²) in [6.45, 7) is 6.84. The Morgan fingerprint density at radius 3 is 2.41 bits per heavy atom. The molecule has 3 rings (SSSR count). The molecule has 2 amide bonds. The van der Waals surface area contributed by atoms with E-state index in [-0.39, 0.29) is 17.9 Å². The number of fused-ring (bicyclic) bond motifs is 2. The van der Waals surface area contributed by atoms with Crippen molar-refractivity contribution in [2.24, 2.45) is 11.8 Å². The Labute approximate surface area is 163 Å². The van der Waals surface area contributed by atoms with E-state index in [0.717, 1.165) is 45.2 Å². The Morgan fingerprint density at radius 1 is 1.11 bits per heavy atom. The van der Waals surface area contributed by atoms with E-state index in [9.17, 15) is 9.59 Å². The minimum absolute atomic E-state index is 0.0507. The van der Waals surface area contributed by atoms with Crippen molar-refractivity contribution >= 4 is 11.8 Å². The van der Waals surface area contributed by atoms with Crippen LogP contribution in [0, 0.1) is 11.8 Å². The molecule has 2 N–H and O–H groups in total. The first-order chi connectivity index (χ1) is 13.0. The van der Waals surface area contributed by atoms with E-state index >= 15 is 0 Å². The second-order valence-electron chi connectivity index (χ2n) is 8.90. The lowest BCUT2D eigenvalue weighted by Crippen LogP contribution is -2.45. The van der Waals surface area contributed by atoms with Gasteiger partial charge in [-0.3, -0.25) is 9.59 Å². The number of likely N-dealkylation sites (tertiary alicyclic amines) is 1. The van der Waals surface area contributed by atoms with Crippen LogP contribution in [-0.4, -0.2) is 61.1 Å². The molecule has 3 heterocycles. The maximum Gasteiger partial charge on any atom is 0.223 e. The predicted molar refractivity (Wildman–Crippen MR) is 105 cm³/mol. The Morgan fingerprint density at radius 2 is 1.78 bits per heavy atom. The molecule has 3 aliphatic heterocycles. The topological polar surface area (TPSA) is 70.7 Å². The number of ether oxygens (including phenoxy) is 1. The lowest BCUT2D eigenvalue weighted by Gasteiger charge is -2.34. The van der Waals surface area contributed by atoms with E-state index in [1.165, 1.54) is 12.8 Å². The molecule has 0 radical (unpaired) electrons. The minimum atomic E-state index is 0.0507. The molecule has 0 aliphatic carbocycles. The lowest BCUT2D eigenvalue weighted by molar-refractivity contribution is -0.136. The number of carbonyl (C=O) groups excluding carboxylic acids is 2. The molecule has 27 heavy (non-hydrogen) atoms. The summed E-state index contributed by atoms with van der Waals surface area (Å²) in [4.78, 5) is 27.0. The summed E-state index contributed by atoms with van der Waals surface area (Å²) in [5, 5.41) is 6.67. The molecule has 6 heteroatoms. The fraction of sp³-hybridized carbons (Fsp3) is 0.905. The highest BCUT2D eigenvalue weighted by Gasteiger charge is 2.35. The van der Waals surface area contributed by atoms with Gasteiger partial charge in [-0.2, -0.15) is 0 Å². The van der Waals surface area contributed by atoms with Crippen molar-refractivity contribution in [1.29, 1.82) is 0 Å². The lowest BCUT2D eigenvalue weighted by atomic mass is 9.88. The van der Waals surface area contributed by atoms with Crippen LogP contribution in [0.2, 0.25) is 0 Å². The van der Waals surface area contributed by atoms with Gasteiger partial charge in [-0.1, -0.05) is 0 Å². The monoisotopic (exact) mass is 379 g/mol. The summed E-state index contributed by atoms with van der Waals surface area (Å²) in [6, 6.07) is 1.28. The average molecular weight is 380 g/mol. The standard InChI is InChI=1S/C21H37N3O3/c1-15(2)27-11-3-8-22-21(26)17-6-9-24(10-7-17)20(25)14-16-12-18-4-5-19(13-16)23-18/h15-19,23H,3-14H2,1-2H3,(H,22,26).